The molecule has 0 aliphatic carbocycles. The molecule has 0 aliphatic rings. The van der Waals surface area contributed by atoms with Crippen LogP contribution in [0.15, 0.2) is 24.4 Å². The third-order valence-electron chi connectivity index (χ3n) is 2.65. The first-order valence-corrected chi connectivity index (χ1v) is 5.90. The van der Waals surface area contributed by atoms with Crippen LogP contribution in [0.1, 0.15) is 21.7 Å². The van der Waals surface area contributed by atoms with Gasteiger partial charge in [0.25, 0.3) is 0 Å². The second-order valence-electron chi connectivity index (χ2n) is 4.17. The molecule has 6 heteroatoms. The topological polar surface area (TPSA) is 81.5 Å². The number of carboxylic acids is 1. The van der Waals surface area contributed by atoms with Crippen LogP contribution in [0.5, 0.6) is 17.4 Å². The highest BCUT2D eigenvalue weighted by Crippen LogP contribution is 2.32. The maximum Gasteiger partial charge on any atom is 0.335 e. The largest absolute Gasteiger partial charge is 0.493 e. The number of hydrogen-bond acceptors (Lipinski definition) is 5. The van der Waals surface area contributed by atoms with E-state index in [1.807, 2.05) is 6.92 Å². The van der Waals surface area contributed by atoms with Crippen molar-refractivity contribution in [2.75, 3.05) is 7.11 Å². The van der Waals surface area contributed by atoms with Gasteiger partial charge in [0.15, 0.2) is 11.5 Å². The number of aromatic carboxylic acids is 1. The molecule has 0 aliphatic heterocycles. The van der Waals surface area contributed by atoms with E-state index in [0.717, 1.165) is 5.69 Å². The number of carbonyl (C=O) groups is 1. The predicted octanol–water partition coefficient (Wildman–Crippen LogP) is 2.59. The number of nitrogens with zero attached hydrogens (tertiary/aromatic N) is 2. The first kappa shape index (κ1) is 13.8. The van der Waals surface area contributed by atoms with Gasteiger partial charge in [-0.1, -0.05) is 0 Å². The summed E-state index contributed by atoms with van der Waals surface area (Å²) >= 11 is 0. The Morgan fingerprint density at radius 3 is 2.65 bits per heavy atom. The Kier molecular flexibility index (Phi) is 3.84. The van der Waals surface area contributed by atoms with E-state index in [-0.39, 0.29) is 5.56 Å². The Labute approximate surface area is 116 Å². The van der Waals surface area contributed by atoms with Gasteiger partial charge in [0.2, 0.25) is 5.88 Å². The van der Waals surface area contributed by atoms with E-state index < -0.39 is 5.97 Å². The van der Waals surface area contributed by atoms with Crippen LogP contribution in [0, 0.1) is 13.8 Å². The van der Waals surface area contributed by atoms with Crippen molar-refractivity contribution in [3.05, 3.63) is 41.3 Å². The number of methoxy groups -OCH3 is 1. The molecule has 0 saturated heterocycles. The molecule has 0 saturated carbocycles. The molecule has 2 aromatic rings. The molecule has 1 aromatic heterocycles. The minimum absolute atomic E-state index is 0.126. The highest BCUT2D eigenvalue weighted by Gasteiger charge is 2.13. The second kappa shape index (κ2) is 5.56. The first-order chi connectivity index (χ1) is 9.51. The number of hydrogen-bond donors (Lipinski definition) is 1. The molecule has 6 nitrogen and oxygen atoms in total. The molecule has 0 atom stereocenters. The summed E-state index contributed by atoms with van der Waals surface area (Å²) in [6.45, 7) is 3.59. The van der Waals surface area contributed by atoms with Gasteiger partial charge in [0.1, 0.15) is 0 Å². The van der Waals surface area contributed by atoms with Gasteiger partial charge in [-0.15, -0.1) is 0 Å². The summed E-state index contributed by atoms with van der Waals surface area (Å²) in [7, 11) is 1.45. The van der Waals surface area contributed by atoms with Crippen LogP contribution in [0.3, 0.4) is 0 Å². The molecule has 0 bridgehead atoms. The number of rotatable bonds is 4. The fraction of sp³-hybridized carbons (Fsp3) is 0.214. The molecule has 1 N–H and O–H groups in total. The van der Waals surface area contributed by atoms with Gasteiger partial charge < -0.3 is 14.6 Å². The van der Waals surface area contributed by atoms with E-state index >= 15 is 0 Å². The molecule has 0 spiro atoms. The van der Waals surface area contributed by atoms with Gasteiger partial charge in [-0.05, 0) is 32.0 Å². The van der Waals surface area contributed by atoms with Crippen molar-refractivity contribution in [3.63, 3.8) is 0 Å². The summed E-state index contributed by atoms with van der Waals surface area (Å²) in [6.07, 6.45) is 1.65. The molecule has 0 fully saturated rings. The number of carboxylic acid groups (broad SMARTS) is 1. The van der Waals surface area contributed by atoms with E-state index in [2.05, 4.69) is 9.97 Å². The number of ether oxygens (including phenoxy) is 2. The predicted molar refractivity (Wildman–Crippen MR) is 71.5 cm³/mol. The van der Waals surface area contributed by atoms with Crippen LogP contribution in [0.25, 0.3) is 0 Å². The minimum Gasteiger partial charge on any atom is -0.493 e. The van der Waals surface area contributed by atoms with Crippen molar-refractivity contribution < 1.29 is 19.4 Å². The molecular formula is C14H14N2O4. The van der Waals surface area contributed by atoms with Crippen molar-refractivity contribution in [2.45, 2.75) is 13.8 Å². The number of aryl methyl sites for hydroxylation is 2. The van der Waals surface area contributed by atoms with E-state index in [0.29, 0.717) is 23.1 Å². The van der Waals surface area contributed by atoms with Crippen LogP contribution in [-0.4, -0.2) is 28.2 Å². The third-order valence-corrected chi connectivity index (χ3v) is 2.65. The molecule has 104 valence electrons. The van der Waals surface area contributed by atoms with Crippen molar-refractivity contribution in [3.8, 4) is 17.4 Å². The fourth-order valence-corrected chi connectivity index (χ4v) is 1.60. The van der Waals surface area contributed by atoms with Crippen LogP contribution in [-0.2, 0) is 0 Å². The fourth-order valence-electron chi connectivity index (χ4n) is 1.60. The van der Waals surface area contributed by atoms with E-state index in [1.54, 1.807) is 13.1 Å². The number of aromatic nitrogens is 2. The zero-order valence-electron chi connectivity index (χ0n) is 11.4. The summed E-state index contributed by atoms with van der Waals surface area (Å²) in [5, 5.41) is 8.95. The van der Waals surface area contributed by atoms with Crippen LogP contribution in [0.2, 0.25) is 0 Å². The summed E-state index contributed by atoms with van der Waals surface area (Å²) < 4.78 is 10.8. The molecule has 20 heavy (non-hydrogen) atoms. The molecule has 0 amide bonds. The molecule has 0 unspecified atom stereocenters. The number of benzene rings is 1. The first-order valence-electron chi connectivity index (χ1n) is 5.90. The quantitative estimate of drug-likeness (QED) is 0.922. The lowest BCUT2D eigenvalue weighted by molar-refractivity contribution is 0.0696. The average Bonchev–Trinajstić information content (AvgIpc) is 2.43. The second-order valence-corrected chi connectivity index (χ2v) is 4.17. The minimum atomic E-state index is -1.03. The molecule has 0 radical (unpaired) electrons. The molecule has 1 aromatic carbocycles. The Morgan fingerprint density at radius 1 is 1.25 bits per heavy atom. The summed E-state index contributed by atoms with van der Waals surface area (Å²) in [6, 6.07) is 4.38. The van der Waals surface area contributed by atoms with Crippen LogP contribution in [0.4, 0.5) is 0 Å². The van der Waals surface area contributed by atoms with Gasteiger partial charge in [0, 0.05) is 6.20 Å². The Morgan fingerprint density at radius 2 is 2.00 bits per heavy atom. The Hall–Kier alpha value is -2.63. The third kappa shape index (κ3) is 2.85. The summed E-state index contributed by atoms with van der Waals surface area (Å²) in [5.74, 6) is 0.0564. The van der Waals surface area contributed by atoms with Crippen molar-refractivity contribution in [1.82, 2.24) is 9.97 Å². The van der Waals surface area contributed by atoms with E-state index in [4.69, 9.17) is 14.6 Å². The Bertz CT molecular complexity index is 656. The molecule has 2 rings (SSSR count). The highest BCUT2D eigenvalue weighted by molar-refractivity contribution is 5.88. The zero-order chi connectivity index (χ0) is 14.7. The maximum atomic E-state index is 10.9. The Balaban J connectivity index is 2.38. The zero-order valence-corrected chi connectivity index (χ0v) is 11.4. The smallest absolute Gasteiger partial charge is 0.335 e. The normalized spacial score (nSPS) is 10.2. The van der Waals surface area contributed by atoms with E-state index in [9.17, 15) is 4.79 Å². The maximum absolute atomic E-state index is 10.9. The van der Waals surface area contributed by atoms with Gasteiger partial charge in [-0.2, -0.15) is 0 Å². The summed E-state index contributed by atoms with van der Waals surface area (Å²) in [4.78, 5) is 19.3. The highest BCUT2D eigenvalue weighted by atomic mass is 16.5. The van der Waals surface area contributed by atoms with E-state index in [1.165, 1.54) is 25.3 Å². The van der Waals surface area contributed by atoms with Gasteiger partial charge in [-0.25, -0.2) is 9.78 Å². The lowest BCUT2D eigenvalue weighted by atomic mass is 10.2. The van der Waals surface area contributed by atoms with Crippen molar-refractivity contribution in [2.24, 2.45) is 0 Å². The van der Waals surface area contributed by atoms with Gasteiger partial charge in [0.05, 0.1) is 24.1 Å². The molecular weight excluding hydrogens is 260 g/mol. The summed E-state index contributed by atoms with van der Waals surface area (Å²) in [5.41, 5.74) is 1.49. The SMILES string of the molecule is COc1cc(C(=O)O)ccc1Oc1nc(C)cnc1C. The van der Waals surface area contributed by atoms with Crippen LogP contribution < -0.4 is 9.47 Å². The van der Waals surface area contributed by atoms with Crippen molar-refractivity contribution in [1.29, 1.82) is 0 Å². The van der Waals surface area contributed by atoms with Gasteiger partial charge >= 0.3 is 5.97 Å². The standard InChI is InChI=1S/C14H14N2O4/c1-8-7-15-9(2)13(16-8)20-11-5-4-10(14(17)18)6-12(11)19-3/h4-7H,1-3H3,(H,17,18). The monoisotopic (exact) mass is 274 g/mol. The van der Waals surface area contributed by atoms with Gasteiger partial charge in [-0.3, -0.25) is 4.98 Å². The lowest BCUT2D eigenvalue weighted by Gasteiger charge is -2.11. The van der Waals surface area contributed by atoms with Crippen molar-refractivity contribution >= 4 is 5.97 Å². The van der Waals surface area contributed by atoms with Crippen LogP contribution >= 0.6 is 0 Å². The average molecular weight is 274 g/mol. The molecule has 1 heterocycles. The lowest BCUT2D eigenvalue weighted by Crippen LogP contribution is -2.00.